The maximum absolute atomic E-state index is 12.5. The number of hydrogen-bond donors (Lipinski definition) is 1. The first-order valence-corrected chi connectivity index (χ1v) is 8.61. The highest BCUT2D eigenvalue weighted by Crippen LogP contribution is 2.31. The van der Waals surface area contributed by atoms with Crippen LogP contribution in [0.4, 0.5) is 0 Å². The smallest absolute Gasteiger partial charge is 0.218 e. The summed E-state index contributed by atoms with van der Waals surface area (Å²) in [6, 6.07) is 0.0595. The minimum Gasteiger partial charge on any atom is -0.315 e. The molecule has 0 heterocycles. The van der Waals surface area contributed by atoms with Crippen LogP contribution in [0.15, 0.2) is 0 Å². The molecule has 1 atom stereocenters. The summed E-state index contributed by atoms with van der Waals surface area (Å²) < 4.78 is 26.7. The van der Waals surface area contributed by atoms with E-state index in [0.717, 1.165) is 13.0 Å². The summed E-state index contributed by atoms with van der Waals surface area (Å²) in [5.41, 5.74) is 0. The van der Waals surface area contributed by atoms with Gasteiger partial charge in [-0.15, -0.1) is 0 Å². The highest BCUT2D eigenvalue weighted by molar-refractivity contribution is 7.89. The molecule has 0 bridgehead atoms. The second-order valence-corrected chi connectivity index (χ2v) is 7.97. The third-order valence-corrected chi connectivity index (χ3v) is 5.81. The molecule has 0 saturated heterocycles. The zero-order chi connectivity index (χ0) is 13.8. The van der Waals surface area contributed by atoms with E-state index in [1.807, 2.05) is 13.8 Å². The fourth-order valence-electron chi connectivity index (χ4n) is 1.98. The minimum absolute atomic E-state index is 0.0595. The molecule has 108 valence electrons. The summed E-state index contributed by atoms with van der Waals surface area (Å²) in [4.78, 5) is 0. The van der Waals surface area contributed by atoms with E-state index in [-0.39, 0.29) is 11.3 Å². The fourth-order valence-corrected chi connectivity index (χ4v) is 3.78. The van der Waals surface area contributed by atoms with Crippen molar-refractivity contribution in [2.75, 3.05) is 19.6 Å². The molecule has 18 heavy (non-hydrogen) atoms. The Morgan fingerprint density at radius 2 is 1.89 bits per heavy atom. The normalized spacial score (nSPS) is 18.6. The summed E-state index contributed by atoms with van der Waals surface area (Å²) in [5, 5.41) is 2.86. The molecule has 0 amide bonds. The minimum atomic E-state index is -3.17. The van der Waals surface area contributed by atoms with E-state index in [0.29, 0.717) is 19.0 Å². The van der Waals surface area contributed by atoms with Crippen LogP contribution in [-0.2, 0) is 10.0 Å². The summed E-state index contributed by atoms with van der Waals surface area (Å²) in [6.07, 6.45) is 3.39. The van der Waals surface area contributed by atoms with Gasteiger partial charge in [-0.3, -0.25) is 0 Å². The second-order valence-electron chi connectivity index (χ2n) is 5.67. The molecule has 0 aliphatic heterocycles. The van der Waals surface area contributed by atoms with Crippen molar-refractivity contribution in [3.05, 3.63) is 0 Å². The quantitative estimate of drug-likeness (QED) is 0.654. The molecule has 1 aliphatic carbocycles. The lowest BCUT2D eigenvalue weighted by atomic mass is 10.3. The molecule has 0 aromatic carbocycles. The maximum Gasteiger partial charge on any atom is 0.218 e. The molecule has 0 aromatic heterocycles. The van der Waals surface area contributed by atoms with Gasteiger partial charge in [-0.2, -0.15) is 4.31 Å². The Labute approximate surface area is 112 Å². The largest absolute Gasteiger partial charge is 0.315 e. The van der Waals surface area contributed by atoms with E-state index in [1.54, 1.807) is 11.2 Å². The number of nitrogens with one attached hydrogen (secondary N) is 1. The SMILES string of the molecule is CCCNCC(C)S(=O)(=O)N(CC1CC1)C(C)C. The van der Waals surface area contributed by atoms with Gasteiger partial charge in [0.15, 0.2) is 0 Å². The fraction of sp³-hybridized carbons (Fsp3) is 1.00. The Bertz CT molecular complexity index is 337. The topological polar surface area (TPSA) is 49.4 Å². The van der Waals surface area contributed by atoms with Crippen molar-refractivity contribution < 1.29 is 8.42 Å². The average molecular weight is 276 g/mol. The summed E-state index contributed by atoms with van der Waals surface area (Å²) in [7, 11) is -3.17. The molecular weight excluding hydrogens is 248 g/mol. The second kappa shape index (κ2) is 6.87. The Morgan fingerprint density at radius 3 is 2.33 bits per heavy atom. The molecule has 1 aliphatic rings. The van der Waals surface area contributed by atoms with E-state index >= 15 is 0 Å². The number of nitrogens with zero attached hydrogens (tertiary/aromatic N) is 1. The Balaban J connectivity index is 2.61. The van der Waals surface area contributed by atoms with Gasteiger partial charge in [0, 0.05) is 19.1 Å². The van der Waals surface area contributed by atoms with Crippen LogP contribution in [0.25, 0.3) is 0 Å². The lowest BCUT2D eigenvalue weighted by Gasteiger charge is -2.29. The molecule has 4 nitrogen and oxygen atoms in total. The van der Waals surface area contributed by atoms with E-state index in [2.05, 4.69) is 12.2 Å². The van der Waals surface area contributed by atoms with Crippen LogP contribution in [0.5, 0.6) is 0 Å². The van der Waals surface area contributed by atoms with Gasteiger partial charge in [0.2, 0.25) is 10.0 Å². The van der Waals surface area contributed by atoms with Crippen LogP contribution in [0, 0.1) is 5.92 Å². The Morgan fingerprint density at radius 1 is 1.28 bits per heavy atom. The van der Waals surface area contributed by atoms with Gasteiger partial charge in [0.1, 0.15) is 0 Å². The molecular formula is C13H28N2O2S. The van der Waals surface area contributed by atoms with Crippen LogP contribution in [0.3, 0.4) is 0 Å². The lowest BCUT2D eigenvalue weighted by molar-refractivity contribution is 0.337. The van der Waals surface area contributed by atoms with Crippen molar-refractivity contribution in [3.63, 3.8) is 0 Å². The van der Waals surface area contributed by atoms with Crippen LogP contribution < -0.4 is 5.32 Å². The summed E-state index contributed by atoms with van der Waals surface area (Å²) in [5.74, 6) is 0.595. The lowest BCUT2D eigenvalue weighted by Crippen LogP contribution is -2.46. The standard InChI is InChI=1S/C13H28N2O2S/c1-5-8-14-9-12(4)18(16,17)15(11(2)3)10-13-6-7-13/h11-14H,5-10H2,1-4H3. The van der Waals surface area contributed by atoms with Crippen molar-refractivity contribution in [1.29, 1.82) is 0 Å². The predicted octanol–water partition coefficient (Wildman–Crippen LogP) is 1.82. The highest BCUT2D eigenvalue weighted by atomic mass is 32.2. The van der Waals surface area contributed by atoms with Crippen molar-refractivity contribution >= 4 is 10.0 Å². The summed E-state index contributed by atoms with van der Waals surface area (Å²) >= 11 is 0. The van der Waals surface area contributed by atoms with Gasteiger partial charge in [-0.25, -0.2) is 8.42 Å². The summed E-state index contributed by atoms with van der Waals surface area (Å²) in [6.45, 7) is 9.95. The van der Waals surface area contributed by atoms with Crippen molar-refractivity contribution in [2.45, 2.75) is 58.2 Å². The van der Waals surface area contributed by atoms with Gasteiger partial charge >= 0.3 is 0 Å². The third-order valence-electron chi connectivity index (χ3n) is 3.40. The van der Waals surface area contributed by atoms with Crippen LogP contribution in [-0.4, -0.2) is 43.6 Å². The Kier molecular flexibility index (Phi) is 6.08. The van der Waals surface area contributed by atoms with Crippen molar-refractivity contribution in [2.24, 2.45) is 5.92 Å². The van der Waals surface area contributed by atoms with E-state index in [4.69, 9.17) is 0 Å². The van der Waals surface area contributed by atoms with Gasteiger partial charge in [-0.1, -0.05) is 6.92 Å². The molecule has 0 aromatic rings. The zero-order valence-electron chi connectivity index (χ0n) is 12.1. The van der Waals surface area contributed by atoms with Gasteiger partial charge in [-0.05, 0) is 52.5 Å². The molecule has 1 unspecified atom stereocenters. The van der Waals surface area contributed by atoms with E-state index < -0.39 is 10.0 Å². The first-order valence-electron chi connectivity index (χ1n) is 7.11. The van der Waals surface area contributed by atoms with Gasteiger partial charge in [0.25, 0.3) is 0 Å². The third kappa shape index (κ3) is 4.52. The maximum atomic E-state index is 12.5. The van der Waals surface area contributed by atoms with Gasteiger partial charge in [0.05, 0.1) is 5.25 Å². The highest BCUT2D eigenvalue weighted by Gasteiger charge is 2.35. The number of sulfonamides is 1. The van der Waals surface area contributed by atoms with Crippen LogP contribution in [0.1, 0.15) is 47.0 Å². The van der Waals surface area contributed by atoms with E-state index in [9.17, 15) is 8.42 Å². The Hall–Kier alpha value is -0.130. The molecule has 1 rings (SSSR count). The molecule has 0 spiro atoms. The van der Waals surface area contributed by atoms with Gasteiger partial charge < -0.3 is 5.32 Å². The van der Waals surface area contributed by atoms with Crippen LogP contribution >= 0.6 is 0 Å². The molecule has 1 saturated carbocycles. The molecule has 0 radical (unpaired) electrons. The number of rotatable bonds is 9. The van der Waals surface area contributed by atoms with Crippen LogP contribution in [0.2, 0.25) is 0 Å². The van der Waals surface area contributed by atoms with E-state index in [1.165, 1.54) is 12.8 Å². The zero-order valence-corrected chi connectivity index (χ0v) is 13.0. The average Bonchev–Trinajstić information content (AvgIpc) is 3.09. The monoisotopic (exact) mass is 276 g/mol. The first-order chi connectivity index (χ1) is 8.39. The van der Waals surface area contributed by atoms with Crippen molar-refractivity contribution in [3.8, 4) is 0 Å². The molecule has 5 heteroatoms. The van der Waals surface area contributed by atoms with Crippen molar-refractivity contribution in [1.82, 2.24) is 9.62 Å². The molecule has 1 fully saturated rings. The first kappa shape index (κ1) is 15.9. The molecule has 1 N–H and O–H groups in total. The number of hydrogen-bond acceptors (Lipinski definition) is 3. The predicted molar refractivity (Wildman–Crippen MR) is 76.1 cm³/mol.